The lowest BCUT2D eigenvalue weighted by atomic mass is 9.99. The highest BCUT2D eigenvalue weighted by Crippen LogP contribution is 2.38. The van der Waals surface area contributed by atoms with Crippen molar-refractivity contribution in [1.82, 2.24) is 19.8 Å². The Morgan fingerprint density at radius 1 is 0.926 bits per heavy atom. The van der Waals surface area contributed by atoms with Crippen LogP contribution in [0.1, 0.15) is 30.1 Å². The number of aromatic nitrogens is 4. The summed E-state index contributed by atoms with van der Waals surface area (Å²) in [5.74, 6) is 2.43. The van der Waals surface area contributed by atoms with Crippen LogP contribution in [0, 0.1) is 0 Å². The van der Waals surface area contributed by atoms with Gasteiger partial charge < -0.3 is 4.90 Å². The first-order chi connectivity index (χ1) is 13.3. The fourth-order valence-electron chi connectivity index (χ4n) is 3.49. The summed E-state index contributed by atoms with van der Waals surface area (Å²) < 4.78 is 1.91. The molecule has 0 radical (unpaired) electrons. The molecule has 5 heteroatoms. The van der Waals surface area contributed by atoms with Crippen LogP contribution in [0.25, 0.3) is 16.8 Å². The second-order valence-corrected chi connectivity index (χ2v) is 7.17. The Kier molecular flexibility index (Phi) is 3.85. The van der Waals surface area contributed by atoms with Crippen LogP contribution in [0.4, 0.5) is 5.82 Å². The van der Waals surface area contributed by atoms with Gasteiger partial charge in [-0.1, -0.05) is 54.6 Å². The molecular formula is C22H21N5. The zero-order chi connectivity index (χ0) is 18.2. The lowest BCUT2D eigenvalue weighted by Crippen LogP contribution is -2.19. The Bertz CT molecular complexity index is 1080. The monoisotopic (exact) mass is 355 g/mol. The minimum absolute atomic E-state index is 0.520. The summed E-state index contributed by atoms with van der Waals surface area (Å²) in [5.41, 5.74) is 4.59. The smallest absolute Gasteiger partial charge is 0.178 e. The predicted molar refractivity (Wildman–Crippen MR) is 107 cm³/mol. The summed E-state index contributed by atoms with van der Waals surface area (Å²) in [7, 11) is 2.08. The van der Waals surface area contributed by atoms with Crippen molar-refractivity contribution in [2.45, 2.75) is 25.3 Å². The number of rotatable bonds is 5. The lowest BCUT2D eigenvalue weighted by molar-refractivity contribution is 0.788. The maximum atomic E-state index is 4.81. The first-order valence-corrected chi connectivity index (χ1v) is 9.36. The average molecular weight is 355 g/mol. The second kappa shape index (κ2) is 6.50. The molecule has 0 atom stereocenters. The molecule has 134 valence electrons. The molecule has 0 aliphatic heterocycles. The lowest BCUT2D eigenvalue weighted by Gasteiger charge is -2.20. The number of hydrogen-bond donors (Lipinski definition) is 0. The van der Waals surface area contributed by atoms with Gasteiger partial charge in [0.05, 0.1) is 0 Å². The Hall–Kier alpha value is -3.21. The van der Waals surface area contributed by atoms with Crippen molar-refractivity contribution in [3.8, 4) is 11.1 Å². The maximum absolute atomic E-state index is 4.81. The van der Waals surface area contributed by atoms with Crippen molar-refractivity contribution >= 4 is 11.5 Å². The van der Waals surface area contributed by atoms with Gasteiger partial charge in [0.25, 0.3) is 0 Å². The number of hydrogen-bond acceptors (Lipinski definition) is 4. The van der Waals surface area contributed by atoms with Gasteiger partial charge in [-0.3, -0.25) is 0 Å². The minimum Gasteiger partial charge on any atom is -0.354 e. The van der Waals surface area contributed by atoms with Gasteiger partial charge >= 0.3 is 0 Å². The van der Waals surface area contributed by atoms with Crippen LogP contribution in [0.15, 0.2) is 66.7 Å². The maximum Gasteiger partial charge on any atom is 0.178 e. The molecular weight excluding hydrogens is 334 g/mol. The standard InChI is InChI=1S/C22H21N5/c1-26(15-18-9-5-6-10-19(18)16-7-3-2-4-8-16)21-14-13-20-23-24-22(17-11-12-17)27(20)25-21/h2-10,13-14,17H,11-12,15H2,1H3. The van der Waals surface area contributed by atoms with Gasteiger partial charge in [-0.05, 0) is 41.7 Å². The molecule has 2 aromatic carbocycles. The number of benzene rings is 2. The van der Waals surface area contributed by atoms with Crippen LogP contribution in [0.5, 0.6) is 0 Å². The van der Waals surface area contributed by atoms with E-state index in [0.717, 1.165) is 23.8 Å². The summed E-state index contributed by atoms with van der Waals surface area (Å²) in [4.78, 5) is 2.18. The van der Waals surface area contributed by atoms with Crippen molar-refractivity contribution in [3.63, 3.8) is 0 Å². The Labute approximate surface area is 158 Å². The molecule has 0 unspecified atom stereocenters. The van der Waals surface area contributed by atoms with Crippen LogP contribution in [-0.4, -0.2) is 26.9 Å². The van der Waals surface area contributed by atoms with Gasteiger partial charge in [-0.15, -0.1) is 15.3 Å². The van der Waals surface area contributed by atoms with E-state index in [9.17, 15) is 0 Å². The molecule has 0 N–H and O–H groups in total. The third-order valence-corrected chi connectivity index (χ3v) is 5.12. The summed E-state index contributed by atoms with van der Waals surface area (Å²) in [5, 5.41) is 13.4. The molecule has 2 heterocycles. The Morgan fingerprint density at radius 3 is 2.52 bits per heavy atom. The quantitative estimate of drug-likeness (QED) is 0.535. The fraction of sp³-hybridized carbons (Fsp3) is 0.227. The van der Waals surface area contributed by atoms with E-state index in [1.807, 2.05) is 22.7 Å². The number of anilines is 1. The van der Waals surface area contributed by atoms with E-state index in [4.69, 9.17) is 5.10 Å². The van der Waals surface area contributed by atoms with Gasteiger partial charge in [-0.2, -0.15) is 4.52 Å². The van der Waals surface area contributed by atoms with E-state index in [-0.39, 0.29) is 0 Å². The molecule has 2 aromatic heterocycles. The third-order valence-electron chi connectivity index (χ3n) is 5.12. The van der Waals surface area contributed by atoms with E-state index in [1.54, 1.807) is 0 Å². The molecule has 1 fully saturated rings. The SMILES string of the molecule is CN(Cc1ccccc1-c1ccccc1)c1ccc2nnc(C3CC3)n2n1. The van der Waals surface area contributed by atoms with Gasteiger partial charge in [0.2, 0.25) is 0 Å². The predicted octanol–water partition coefficient (Wildman–Crippen LogP) is 4.31. The number of fused-ring (bicyclic) bond motifs is 1. The van der Waals surface area contributed by atoms with Crippen LogP contribution in [0.3, 0.4) is 0 Å². The highest BCUT2D eigenvalue weighted by Gasteiger charge is 2.29. The van der Waals surface area contributed by atoms with Gasteiger partial charge in [0, 0.05) is 19.5 Å². The normalized spacial score (nSPS) is 13.8. The van der Waals surface area contributed by atoms with E-state index in [2.05, 4.69) is 70.7 Å². The van der Waals surface area contributed by atoms with Gasteiger partial charge in [0.1, 0.15) is 5.82 Å². The topological polar surface area (TPSA) is 46.3 Å². The summed E-state index contributed by atoms with van der Waals surface area (Å²) >= 11 is 0. The molecule has 0 spiro atoms. The molecule has 1 aliphatic carbocycles. The highest BCUT2D eigenvalue weighted by molar-refractivity contribution is 5.67. The number of nitrogens with zero attached hydrogens (tertiary/aromatic N) is 5. The van der Waals surface area contributed by atoms with Crippen molar-refractivity contribution in [2.75, 3.05) is 11.9 Å². The third kappa shape index (κ3) is 3.05. The molecule has 0 saturated heterocycles. The van der Waals surface area contributed by atoms with Gasteiger partial charge in [0.15, 0.2) is 11.5 Å². The first kappa shape index (κ1) is 16.0. The van der Waals surface area contributed by atoms with Crippen molar-refractivity contribution < 1.29 is 0 Å². The molecule has 5 nitrogen and oxygen atoms in total. The summed E-state index contributed by atoms with van der Waals surface area (Å²) in [6.07, 6.45) is 2.37. The van der Waals surface area contributed by atoms with Crippen molar-refractivity contribution in [1.29, 1.82) is 0 Å². The van der Waals surface area contributed by atoms with Gasteiger partial charge in [-0.25, -0.2) is 0 Å². The van der Waals surface area contributed by atoms with E-state index < -0.39 is 0 Å². The fourth-order valence-corrected chi connectivity index (χ4v) is 3.49. The molecule has 4 aromatic rings. The Balaban J connectivity index is 1.47. The summed E-state index contributed by atoms with van der Waals surface area (Å²) in [6, 6.07) is 23.1. The van der Waals surface area contributed by atoms with Crippen molar-refractivity contribution in [2.24, 2.45) is 0 Å². The van der Waals surface area contributed by atoms with Crippen LogP contribution >= 0.6 is 0 Å². The Morgan fingerprint density at radius 2 is 1.70 bits per heavy atom. The molecule has 5 rings (SSSR count). The molecule has 0 bridgehead atoms. The molecule has 0 amide bonds. The van der Waals surface area contributed by atoms with Crippen LogP contribution < -0.4 is 4.90 Å². The first-order valence-electron chi connectivity index (χ1n) is 9.36. The van der Waals surface area contributed by atoms with E-state index in [0.29, 0.717) is 5.92 Å². The molecule has 1 aliphatic rings. The zero-order valence-corrected chi connectivity index (χ0v) is 15.3. The van der Waals surface area contributed by atoms with E-state index >= 15 is 0 Å². The minimum atomic E-state index is 0.520. The second-order valence-electron chi connectivity index (χ2n) is 7.17. The van der Waals surface area contributed by atoms with Crippen LogP contribution in [0.2, 0.25) is 0 Å². The highest BCUT2D eigenvalue weighted by atomic mass is 15.4. The zero-order valence-electron chi connectivity index (χ0n) is 15.3. The summed E-state index contributed by atoms with van der Waals surface area (Å²) in [6.45, 7) is 0.782. The molecule has 27 heavy (non-hydrogen) atoms. The van der Waals surface area contributed by atoms with E-state index in [1.165, 1.54) is 29.5 Å². The largest absolute Gasteiger partial charge is 0.354 e. The van der Waals surface area contributed by atoms with Crippen LogP contribution in [-0.2, 0) is 6.54 Å². The average Bonchev–Trinajstić information content (AvgIpc) is 3.47. The van der Waals surface area contributed by atoms with Crippen molar-refractivity contribution in [3.05, 3.63) is 78.1 Å². The molecule has 1 saturated carbocycles.